The van der Waals surface area contributed by atoms with Gasteiger partial charge in [0.05, 0.1) is 16.6 Å². The molecule has 0 bridgehead atoms. The van der Waals surface area contributed by atoms with Crippen molar-refractivity contribution in [2.45, 2.75) is 37.5 Å². The number of benzene rings is 3. The number of carbonyl (C=O) groups is 1. The fraction of sp³-hybridized carbons (Fsp3) is 0.321. The molecule has 4 rings (SSSR count). The standard InChI is InChI=1S/C28H33N3O5S2/c1-22-11-13-26(14-12-22)30-38(35,36)27-17-15-25(16-18-27)29-28(32)24-10-5-19-31(21-24)37(33,34)20-6-9-23-7-3-2-4-8-23/h2-4,7-8,11-18,24,30H,5-6,9-10,19-21H2,1H3,(H,29,32)/t24-/m0/s1. The molecule has 0 unspecified atom stereocenters. The summed E-state index contributed by atoms with van der Waals surface area (Å²) in [5, 5.41) is 2.81. The van der Waals surface area contributed by atoms with Gasteiger partial charge < -0.3 is 5.32 Å². The van der Waals surface area contributed by atoms with Crippen LogP contribution in [0.2, 0.25) is 0 Å². The Morgan fingerprint density at radius 3 is 2.24 bits per heavy atom. The Morgan fingerprint density at radius 2 is 1.55 bits per heavy atom. The van der Waals surface area contributed by atoms with E-state index in [9.17, 15) is 21.6 Å². The molecular formula is C28H33N3O5S2. The number of hydrogen-bond donors (Lipinski definition) is 2. The van der Waals surface area contributed by atoms with Crippen LogP contribution in [0.3, 0.4) is 0 Å². The van der Waals surface area contributed by atoms with Crippen LogP contribution >= 0.6 is 0 Å². The van der Waals surface area contributed by atoms with Gasteiger partial charge in [0.1, 0.15) is 0 Å². The summed E-state index contributed by atoms with van der Waals surface area (Å²) in [5.74, 6) is -0.704. The zero-order valence-corrected chi connectivity index (χ0v) is 23.0. The minimum atomic E-state index is -3.78. The molecule has 8 nitrogen and oxygen atoms in total. The molecule has 1 amide bonds. The topological polar surface area (TPSA) is 113 Å². The van der Waals surface area contributed by atoms with Gasteiger partial charge in [-0.3, -0.25) is 9.52 Å². The van der Waals surface area contributed by atoms with E-state index in [1.807, 2.05) is 49.4 Å². The van der Waals surface area contributed by atoms with Crippen LogP contribution < -0.4 is 10.0 Å². The van der Waals surface area contributed by atoms with E-state index >= 15 is 0 Å². The zero-order valence-electron chi connectivity index (χ0n) is 21.3. The second kappa shape index (κ2) is 12.1. The van der Waals surface area contributed by atoms with Crippen LogP contribution in [0.5, 0.6) is 0 Å². The first-order chi connectivity index (χ1) is 18.1. The van der Waals surface area contributed by atoms with Crippen molar-refractivity contribution in [3.8, 4) is 0 Å². The van der Waals surface area contributed by atoms with Crippen LogP contribution in [0.1, 0.15) is 30.4 Å². The van der Waals surface area contributed by atoms with Gasteiger partial charge in [-0.2, -0.15) is 0 Å². The average molecular weight is 556 g/mol. The molecule has 0 spiro atoms. The number of nitrogens with one attached hydrogen (secondary N) is 2. The summed E-state index contributed by atoms with van der Waals surface area (Å²) in [5.41, 5.74) is 3.04. The van der Waals surface area contributed by atoms with Crippen LogP contribution in [0, 0.1) is 12.8 Å². The van der Waals surface area contributed by atoms with Crippen molar-refractivity contribution in [2.75, 3.05) is 28.9 Å². The monoisotopic (exact) mass is 555 g/mol. The average Bonchev–Trinajstić information content (AvgIpc) is 2.91. The molecular weight excluding hydrogens is 522 g/mol. The van der Waals surface area contributed by atoms with E-state index in [-0.39, 0.29) is 23.1 Å². The third-order valence-corrected chi connectivity index (χ3v) is 9.92. The summed E-state index contributed by atoms with van der Waals surface area (Å²) >= 11 is 0. The van der Waals surface area contributed by atoms with Gasteiger partial charge in [-0.05, 0) is 74.6 Å². The fourth-order valence-electron chi connectivity index (χ4n) is 4.44. The second-order valence-corrected chi connectivity index (χ2v) is 13.4. The van der Waals surface area contributed by atoms with Crippen LogP contribution in [-0.2, 0) is 31.3 Å². The van der Waals surface area contributed by atoms with Gasteiger partial charge in [-0.25, -0.2) is 21.1 Å². The highest BCUT2D eigenvalue weighted by atomic mass is 32.2. The number of rotatable bonds is 10. The first-order valence-corrected chi connectivity index (χ1v) is 15.7. The zero-order chi connectivity index (χ0) is 27.2. The second-order valence-electron chi connectivity index (χ2n) is 9.59. The van der Waals surface area contributed by atoms with Crippen molar-refractivity contribution in [3.05, 3.63) is 90.0 Å². The molecule has 2 N–H and O–H groups in total. The molecule has 10 heteroatoms. The summed E-state index contributed by atoms with van der Waals surface area (Å²) in [6.07, 6.45) is 2.41. The molecule has 3 aromatic carbocycles. The highest BCUT2D eigenvalue weighted by Gasteiger charge is 2.32. The maximum atomic E-state index is 12.9. The van der Waals surface area contributed by atoms with Crippen molar-refractivity contribution in [2.24, 2.45) is 5.92 Å². The van der Waals surface area contributed by atoms with Gasteiger partial charge in [0.25, 0.3) is 10.0 Å². The molecule has 202 valence electrons. The SMILES string of the molecule is Cc1ccc(NS(=O)(=O)c2ccc(NC(=O)[C@H]3CCCN(S(=O)(=O)CCCc4ccccc4)C3)cc2)cc1. The lowest BCUT2D eigenvalue weighted by Crippen LogP contribution is -2.44. The van der Waals surface area contributed by atoms with E-state index in [1.54, 1.807) is 12.1 Å². The number of carbonyl (C=O) groups excluding carboxylic acids is 1. The van der Waals surface area contributed by atoms with Crippen molar-refractivity contribution in [1.29, 1.82) is 0 Å². The van der Waals surface area contributed by atoms with Crippen LogP contribution in [0.15, 0.2) is 83.8 Å². The molecule has 0 aromatic heterocycles. The number of piperidine rings is 1. The lowest BCUT2D eigenvalue weighted by Gasteiger charge is -2.31. The Morgan fingerprint density at radius 1 is 0.895 bits per heavy atom. The quantitative estimate of drug-likeness (QED) is 0.385. The Bertz CT molecular complexity index is 1440. The predicted molar refractivity (Wildman–Crippen MR) is 150 cm³/mol. The van der Waals surface area contributed by atoms with E-state index in [2.05, 4.69) is 10.0 Å². The fourth-order valence-corrected chi connectivity index (χ4v) is 7.08. The molecule has 1 fully saturated rings. The smallest absolute Gasteiger partial charge is 0.261 e. The summed E-state index contributed by atoms with van der Waals surface area (Å²) < 4.78 is 55.2. The van der Waals surface area contributed by atoms with Gasteiger partial charge >= 0.3 is 0 Å². The summed E-state index contributed by atoms with van der Waals surface area (Å²) in [4.78, 5) is 13.0. The molecule has 3 aromatic rings. The Hall–Kier alpha value is -3.21. The Labute approximate surface area is 225 Å². The third kappa shape index (κ3) is 7.43. The minimum Gasteiger partial charge on any atom is -0.326 e. The molecule has 1 saturated heterocycles. The number of aryl methyl sites for hydroxylation is 2. The normalized spacial score (nSPS) is 16.6. The van der Waals surface area contributed by atoms with E-state index in [0.29, 0.717) is 43.6 Å². The van der Waals surface area contributed by atoms with Gasteiger partial charge in [0.2, 0.25) is 15.9 Å². The number of amides is 1. The molecule has 1 atom stereocenters. The van der Waals surface area contributed by atoms with Crippen LogP contribution in [0.4, 0.5) is 11.4 Å². The lowest BCUT2D eigenvalue weighted by molar-refractivity contribution is -0.120. The first-order valence-electron chi connectivity index (χ1n) is 12.6. The molecule has 0 aliphatic carbocycles. The Kier molecular flexibility index (Phi) is 8.86. The molecule has 1 heterocycles. The summed E-state index contributed by atoms with van der Waals surface area (Å²) in [6, 6.07) is 22.7. The van der Waals surface area contributed by atoms with Gasteiger partial charge in [-0.15, -0.1) is 0 Å². The Balaban J connectivity index is 1.31. The van der Waals surface area contributed by atoms with Gasteiger partial charge in [0.15, 0.2) is 0 Å². The predicted octanol–water partition coefficient (Wildman–Crippen LogP) is 4.41. The maximum Gasteiger partial charge on any atom is 0.261 e. The largest absolute Gasteiger partial charge is 0.326 e. The maximum absolute atomic E-state index is 12.9. The number of nitrogens with zero attached hydrogens (tertiary/aromatic N) is 1. The number of anilines is 2. The highest BCUT2D eigenvalue weighted by Crippen LogP contribution is 2.23. The highest BCUT2D eigenvalue weighted by molar-refractivity contribution is 7.92. The van der Waals surface area contributed by atoms with E-state index in [1.165, 1.54) is 28.6 Å². The van der Waals surface area contributed by atoms with E-state index in [0.717, 1.165) is 11.1 Å². The molecule has 1 aliphatic heterocycles. The minimum absolute atomic E-state index is 0.0444. The van der Waals surface area contributed by atoms with Crippen molar-refractivity contribution >= 4 is 37.3 Å². The van der Waals surface area contributed by atoms with E-state index < -0.39 is 26.0 Å². The molecule has 0 saturated carbocycles. The molecule has 38 heavy (non-hydrogen) atoms. The van der Waals surface area contributed by atoms with Crippen molar-refractivity contribution in [3.63, 3.8) is 0 Å². The van der Waals surface area contributed by atoms with Crippen molar-refractivity contribution < 1.29 is 21.6 Å². The number of hydrogen-bond acceptors (Lipinski definition) is 5. The van der Waals surface area contributed by atoms with Gasteiger partial charge in [0, 0.05) is 24.5 Å². The molecule has 1 aliphatic rings. The first kappa shape index (κ1) is 27.8. The van der Waals surface area contributed by atoms with Crippen LogP contribution in [-0.4, -0.2) is 45.9 Å². The van der Waals surface area contributed by atoms with Gasteiger partial charge in [-0.1, -0.05) is 48.0 Å². The van der Waals surface area contributed by atoms with E-state index in [4.69, 9.17) is 0 Å². The molecule has 0 radical (unpaired) electrons. The van der Waals surface area contributed by atoms with Crippen molar-refractivity contribution in [1.82, 2.24) is 4.31 Å². The lowest BCUT2D eigenvalue weighted by atomic mass is 9.99. The summed E-state index contributed by atoms with van der Waals surface area (Å²) in [7, 11) is -7.24. The number of sulfonamides is 2. The van der Waals surface area contributed by atoms with Crippen LogP contribution in [0.25, 0.3) is 0 Å². The summed E-state index contributed by atoms with van der Waals surface area (Å²) in [6.45, 7) is 2.48. The third-order valence-electron chi connectivity index (χ3n) is 6.59.